The Morgan fingerprint density at radius 2 is 2.16 bits per heavy atom. The van der Waals surface area contributed by atoms with E-state index in [1.807, 2.05) is 11.7 Å². The standard InChI is InChI=1S/C13H25N3O3/c1-5-6-14-11(10-19-8-7-17-3)13-12(18-4)9-15-16(13)2/h9,11,14H,5-8,10H2,1-4H3. The molecule has 19 heavy (non-hydrogen) atoms. The number of ether oxygens (including phenoxy) is 3. The smallest absolute Gasteiger partial charge is 0.161 e. The van der Waals surface area contributed by atoms with Crippen molar-refractivity contribution in [3.05, 3.63) is 11.9 Å². The molecule has 1 N–H and O–H groups in total. The molecule has 6 nitrogen and oxygen atoms in total. The van der Waals surface area contributed by atoms with Gasteiger partial charge in [-0.3, -0.25) is 4.68 Å². The minimum atomic E-state index is 0.0688. The number of nitrogens with zero attached hydrogens (tertiary/aromatic N) is 2. The Labute approximate surface area is 115 Å². The van der Waals surface area contributed by atoms with Gasteiger partial charge in [0.05, 0.1) is 44.9 Å². The number of aryl methyl sites for hydroxylation is 1. The summed E-state index contributed by atoms with van der Waals surface area (Å²) in [7, 11) is 5.23. The van der Waals surface area contributed by atoms with Crippen LogP contribution in [0.4, 0.5) is 0 Å². The molecule has 6 heteroatoms. The normalized spacial score (nSPS) is 12.6. The maximum atomic E-state index is 5.63. The molecule has 1 aromatic rings. The maximum absolute atomic E-state index is 5.63. The molecule has 0 aliphatic rings. The molecule has 0 saturated carbocycles. The minimum Gasteiger partial charge on any atom is -0.493 e. The second-order valence-corrected chi connectivity index (χ2v) is 4.30. The van der Waals surface area contributed by atoms with Crippen molar-refractivity contribution in [3.8, 4) is 5.75 Å². The van der Waals surface area contributed by atoms with E-state index in [-0.39, 0.29) is 6.04 Å². The summed E-state index contributed by atoms with van der Waals surface area (Å²) < 4.78 is 17.8. The lowest BCUT2D eigenvalue weighted by atomic mass is 10.2. The van der Waals surface area contributed by atoms with Crippen LogP contribution in [0.5, 0.6) is 5.75 Å². The zero-order valence-corrected chi connectivity index (χ0v) is 12.3. The summed E-state index contributed by atoms with van der Waals surface area (Å²) in [5.74, 6) is 0.784. The molecule has 110 valence electrons. The van der Waals surface area contributed by atoms with Gasteiger partial charge in [0.25, 0.3) is 0 Å². The molecule has 0 radical (unpaired) electrons. The van der Waals surface area contributed by atoms with Crippen molar-refractivity contribution in [1.29, 1.82) is 0 Å². The van der Waals surface area contributed by atoms with Crippen LogP contribution in [0.1, 0.15) is 25.1 Å². The molecule has 0 saturated heterocycles. The average Bonchev–Trinajstić information content (AvgIpc) is 2.79. The summed E-state index contributed by atoms with van der Waals surface area (Å²) in [6.07, 6.45) is 2.79. The van der Waals surface area contributed by atoms with E-state index in [0.717, 1.165) is 24.4 Å². The van der Waals surface area contributed by atoms with Gasteiger partial charge >= 0.3 is 0 Å². The highest BCUT2D eigenvalue weighted by molar-refractivity contribution is 5.28. The van der Waals surface area contributed by atoms with Gasteiger partial charge in [-0.15, -0.1) is 0 Å². The zero-order chi connectivity index (χ0) is 14.1. The highest BCUT2D eigenvalue weighted by atomic mass is 16.5. The first-order valence-electron chi connectivity index (χ1n) is 6.60. The second-order valence-electron chi connectivity index (χ2n) is 4.30. The van der Waals surface area contributed by atoms with Gasteiger partial charge in [-0.05, 0) is 13.0 Å². The average molecular weight is 271 g/mol. The van der Waals surface area contributed by atoms with E-state index in [9.17, 15) is 0 Å². The van der Waals surface area contributed by atoms with Gasteiger partial charge in [0, 0.05) is 14.2 Å². The van der Waals surface area contributed by atoms with Crippen molar-refractivity contribution >= 4 is 0 Å². The van der Waals surface area contributed by atoms with Gasteiger partial charge < -0.3 is 19.5 Å². The van der Waals surface area contributed by atoms with E-state index < -0.39 is 0 Å². The molecule has 0 fully saturated rings. The topological polar surface area (TPSA) is 57.5 Å². The molecule has 1 rings (SSSR count). The van der Waals surface area contributed by atoms with Crippen molar-refractivity contribution in [2.75, 3.05) is 40.6 Å². The second kappa shape index (κ2) is 8.90. The van der Waals surface area contributed by atoms with Gasteiger partial charge in [0.2, 0.25) is 0 Å². The predicted octanol–water partition coefficient (Wildman–Crippen LogP) is 1.13. The maximum Gasteiger partial charge on any atom is 0.161 e. The molecule has 0 bridgehead atoms. The van der Waals surface area contributed by atoms with Crippen LogP contribution < -0.4 is 10.1 Å². The van der Waals surface area contributed by atoms with Crippen LogP contribution in [0.25, 0.3) is 0 Å². The molecule has 0 aromatic carbocycles. The summed E-state index contributed by atoms with van der Waals surface area (Å²) in [5, 5.41) is 7.69. The molecular weight excluding hydrogens is 246 g/mol. The lowest BCUT2D eigenvalue weighted by Gasteiger charge is -2.20. The van der Waals surface area contributed by atoms with Crippen LogP contribution >= 0.6 is 0 Å². The molecule has 0 aliphatic heterocycles. The first-order chi connectivity index (χ1) is 9.24. The third-order valence-corrected chi connectivity index (χ3v) is 2.86. The van der Waals surface area contributed by atoms with E-state index in [1.165, 1.54) is 0 Å². The van der Waals surface area contributed by atoms with E-state index in [1.54, 1.807) is 20.4 Å². The van der Waals surface area contributed by atoms with Crippen molar-refractivity contribution in [2.24, 2.45) is 7.05 Å². The molecule has 1 aromatic heterocycles. The van der Waals surface area contributed by atoms with E-state index >= 15 is 0 Å². The largest absolute Gasteiger partial charge is 0.493 e. The Hall–Kier alpha value is -1.11. The van der Waals surface area contributed by atoms with Crippen LogP contribution in [0.2, 0.25) is 0 Å². The number of aromatic nitrogens is 2. The highest BCUT2D eigenvalue weighted by Gasteiger charge is 2.20. The number of hydrogen-bond acceptors (Lipinski definition) is 5. The SMILES string of the molecule is CCCNC(COCCOC)c1c(OC)cnn1C. The van der Waals surface area contributed by atoms with Crippen LogP contribution in [0.3, 0.4) is 0 Å². The molecule has 1 unspecified atom stereocenters. The van der Waals surface area contributed by atoms with E-state index in [4.69, 9.17) is 14.2 Å². The molecule has 1 heterocycles. The van der Waals surface area contributed by atoms with Gasteiger partial charge in [-0.1, -0.05) is 6.92 Å². The van der Waals surface area contributed by atoms with Crippen LogP contribution in [-0.4, -0.2) is 50.4 Å². The third kappa shape index (κ3) is 4.81. The van der Waals surface area contributed by atoms with Gasteiger partial charge in [0.1, 0.15) is 0 Å². The zero-order valence-electron chi connectivity index (χ0n) is 12.3. The first kappa shape index (κ1) is 15.9. The summed E-state index contributed by atoms with van der Waals surface area (Å²) in [4.78, 5) is 0. The number of hydrogen-bond donors (Lipinski definition) is 1. The summed E-state index contributed by atoms with van der Waals surface area (Å²) >= 11 is 0. The van der Waals surface area contributed by atoms with Crippen LogP contribution in [0, 0.1) is 0 Å². The summed E-state index contributed by atoms with van der Waals surface area (Å²) in [6.45, 7) is 4.81. The highest BCUT2D eigenvalue weighted by Crippen LogP contribution is 2.24. The van der Waals surface area contributed by atoms with E-state index in [2.05, 4.69) is 17.3 Å². The monoisotopic (exact) mass is 271 g/mol. The lowest BCUT2D eigenvalue weighted by Crippen LogP contribution is -2.29. The Kier molecular flexibility index (Phi) is 7.47. The van der Waals surface area contributed by atoms with Crippen LogP contribution in [0.15, 0.2) is 6.20 Å². The summed E-state index contributed by atoms with van der Waals surface area (Å²) in [5.41, 5.74) is 1.01. The van der Waals surface area contributed by atoms with Crippen LogP contribution in [-0.2, 0) is 16.5 Å². The Morgan fingerprint density at radius 1 is 1.37 bits per heavy atom. The van der Waals surface area contributed by atoms with Gasteiger partial charge in [0.15, 0.2) is 5.75 Å². The van der Waals surface area contributed by atoms with Crippen molar-refractivity contribution in [2.45, 2.75) is 19.4 Å². The quantitative estimate of drug-likeness (QED) is 0.647. The van der Waals surface area contributed by atoms with Crippen molar-refractivity contribution in [1.82, 2.24) is 15.1 Å². The Balaban J connectivity index is 2.68. The molecular formula is C13H25N3O3. The molecule has 0 amide bonds. The third-order valence-electron chi connectivity index (χ3n) is 2.86. The minimum absolute atomic E-state index is 0.0688. The van der Waals surface area contributed by atoms with Crippen molar-refractivity contribution < 1.29 is 14.2 Å². The number of rotatable bonds is 10. The summed E-state index contributed by atoms with van der Waals surface area (Å²) in [6, 6.07) is 0.0688. The first-order valence-corrected chi connectivity index (χ1v) is 6.60. The fraction of sp³-hybridized carbons (Fsp3) is 0.769. The predicted molar refractivity (Wildman–Crippen MR) is 73.5 cm³/mol. The van der Waals surface area contributed by atoms with Gasteiger partial charge in [-0.25, -0.2) is 0 Å². The fourth-order valence-corrected chi connectivity index (χ4v) is 1.88. The molecule has 0 spiro atoms. The molecule has 0 aliphatic carbocycles. The lowest BCUT2D eigenvalue weighted by molar-refractivity contribution is 0.0571. The molecule has 1 atom stereocenters. The Morgan fingerprint density at radius 3 is 2.79 bits per heavy atom. The van der Waals surface area contributed by atoms with Crippen molar-refractivity contribution in [3.63, 3.8) is 0 Å². The number of nitrogens with one attached hydrogen (secondary N) is 1. The Bertz CT molecular complexity index is 355. The van der Waals surface area contributed by atoms with E-state index in [0.29, 0.717) is 19.8 Å². The van der Waals surface area contributed by atoms with Gasteiger partial charge in [-0.2, -0.15) is 5.10 Å². The number of methoxy groups -OCH3 is 2. The fourth-order valence-electron chi connectivity index (χ4n) is 1.88.